The maximum absolute atomic E-state index is 13.4. The summed E-state index contributed by atoms with van der Waals surface area (Å²) in [5, 5.41) is -0.421. The van der Waals surface area contributed by atoms with E-state index in [1.165, 1.54) is 11.8 Å². The quantitative estimate of drug-likeness (QED) is 0.806. The molecule has 0 unspecified atom stereocenters. The lowest BCUT2D eigenvalue weighted by Crippen LogP contribution is -2.27. The SMILES string of the molecule is CCCC(=O)OC[C@H]1OC[C@@H](n2cc(F)c(N)nc2=O)S1. The molecule has 1 fully saturated rings. The van der Waals surface area contributed by atoms with Gasteiger partial charge in [-0.15, -0.1) is 0 Å². The van der Waals surface area contributed by atoms with Gasteiger partial charge in [0.25, 0.3) is 0 Å². The second-order valence-corrected chi connectivity index (χ2v) is 5.79. The van der Waals surface area contributed by atoms with Gasteiger partial charge in [-0.1, -0.05) is 18.7 Å². The van der Waals surface area contributed by atoms with Crippen molar-refractivity contribution in [3.63, 3.8) is 0 Å². The molecule has 1 aromatic heterocycles. The van der Waals surface area contributed by atoms with E-state index in [0.717, 1.165) is 10.8 Å². The Bertz CT molecular complexity index is 580. The van der Waals surface area contributed by atoms with Crippen LogP contribution in [0.5, 0.6) is 0 Å². The van der Waals surface area contributed by atoms with Crippen LogP contribution < -0.4 is 11.4 Å². The number of carbonyl (C=O) groups is 1. The first-order valence-electron chi connectivity index (χ1n) is 6.48. The molecule has 0 amide bonds. The standard InChI is InChI=1S/C12H16FN3O4S/c1-2-3-9(17)19-6-10-20-5-8(21-10)16-4-7(13)11(14)15-12(16)18/h4,8,10H,2-3,5-6H2,1H3,(H2,14,15,18)/t8-,10-/m0/s1. The summed E-state index contributed by atoms with van der Waals surface area (Å²) in [6, 6.07) is 0. The molecule has 2 heterocycles. The van der Waals surface area contributed by atoms with Gasteiger partial charge in [0.2, 0.25) is 0 Å². The topological polar surface area (TPSA) is 96.4 Å². The van der Waals surface area contributed by atoms with Crippen LogP contribution in [-0.4, -0.2) is 34.2 Å². The largest absolute Gasteiger partial charge is 0.462 e. The number of hydrogen-bond acceptors (Lipinski definition) is 7. The zero-order valence-electron chi connectivity index (χ0n) is 11.5. The second-order valence-electron chi connectivity index (χ2n) is 4.45. The number of rotatable bonds is 5. The fourth-order valence-electron chi connectivity index (χ4n) is 1.78. The molecule has 0 aromatic carbocycles. The molecule has 1 aromatic rings. The van der Waals surface area contributed by atoms with Crippen molar-refractivity contribution in [3.8, 4) is 0 Å². The highest BCUT2D eigenvalue weighted by atomic mass is 32.2. The molecule has 0 saturated carbocycles. The van der Waals surface area contributed by atoms with Crippen molar-refractivity contribution in [1.82, 2.24) is 9.55 Å². The summed E-state index contributed by atoms with van der Waals surface area (Å²) in [6.45, 7) is 2.18. The zero-order valence-corrected chi connectivity index (χ0v) is 12.3. The van der Waals surface area contributed by atoms with E-state index in [0.29, 0.717) is 12.8 Å². The van der Waals surface area contributed by atoms with E-state index < -0.39 is 22.7 Å². The molecule has 7 nitrogen and oxygen atoms in total. The number of hydrogen-bond donors (Lipinski definition) is 1. The maximum Gasteiger partial charge on any atom is 0.350 e. The van der Waals surface area contributed by atoms with Crippen molar-refractivity contribution in [2.24, 2.45) is 0 Å². The summed E-state index contributed by atoms with van der Waals surface area (Å²) in [5.41, 5.74) is 4.20. The highest BCUT2D eigenvalue weighted by molar-refractivity contribution is 8.00. The molecule has 21 heavy (non-hydrogen) atoms. The van der Waals surface area contributed by atoms with E-state index in [9.17, 15) is 14.0 Å². The highest BCUT2D eigenvalue weighted by Crippen LogP contribution is 2.34. The lowest BCUT2D eigenvalue weighted by atomic mass is 10.3. The lowest BCUT2D eigenvalue weighted by Gasteiger charge is -2.12. The number of ether oxygens (including phenoxy) is 2. The van der Waals surface area contributed by atoms with Crippen LogP contribution >= 0.6 is 11.8 Å². The third-order valence-electron chi connectivity index (χ3n) is 2.81. The average molecular weight is 317 g/mol. The summed E-state index contributed by atoms with van der Waals surface area (Å²) in [6.07, 6.45) is 2.08. The molecule has 0 aliphatic carbocycles. The Labute approximate surface area is 124 Å². The highest BCUT2D eigenvalue weighted by Gasteiger charge is 2.29. The summed E-state index contributed by atoms with van der Waals surface area (Å²) in [4.78, 5) is 26.4. The normalized spacial score (nSPS) is 21.4. The molecule has 2 rings (SSSR count). The van der Waals surface area contributed by atoms with Gasteiger partial charge in [-0.05, 0) is 6.42 Å². The number of thioether (sulfide) groups is 1. The average Bonchev–Trinajstić information content (AvgIpc) is 2.89. The monoisotopic (exact) mass is 317 g/mol. The molecule has 1 saturated heterocycles. The Morgan fingerprint density at radius 2 is 2.48 bits per heavy atom. The second kappa shape index (κ2) is 6.90. The van der Waals surface area contributed by atoms with Crippen molar-refractivity contribution in [2.45, 2.75) is 30.6 Å². The van der Waals surface area contributed by atoms with Crippen LogP contribution in [0.2, 0.25) is 0 Å². The number of aromatic nitrogens is 2. The predicted octanol–water partition coefficient (Wildman–Crippen LogP) is 0.896. The summed E-state index contributed by atoms with van der Waals surface area (Å²) < 4.78 is 25.0. The first-order chi connectivity index (χ1) is 10.0. The Morgan fingerprint density at radius 1 is 1.71 bits per heavy atom. The number of anilines is 1. The van der Waals surface area contributed by atoms with E-state index >= 15 is 0 Å². The van der Waals surface area contributed by atoms with E-state index in [4.69, 9.17) is 15.2 Å². The molecule has 9 heteroatoms. The minimum absolute atomic E-state index is 0.0969. The predicted molar refractivity (Wildman–Crippen MR) is 75.1 cm³/mol. The van der Waals surface area contributed by atoms with Gasteiger partial charge in [0.15, 0.2) is 11.6 Å². The minimum Gasteiger partial charge on any atom is -0.462 e. The van der Waals surface area contributed by atoms with Gasteiger partial charge in [-0.3, -0.25) is 9.36 Å². The van der Waals surface area contributed by atoms with Crippen LogP contribution in [0.1, 0.15) is 25.1 Å². The zero-order chi connectivity index (χ0) is 15.4. The van der Waals surface area contributed by atoms with Gasteiger partial charge < -0.3 is 15.2 Å². The molecule has 0 spiro atoms. The van der Waals surface area contributed by atoms with Crippen LogP contribution in [0.4, 0.5) is 10.2 Å². The van der Waals surface area contributed by atoms with E-state index in [2.05, 4.69) is 4.98 Å². The van der Waals surface area contributed by atoms with E-state index in [1.54, 1.807) is 0 Å². The molecule has 116 valence electrons. The Balaban J connectivity index is 1.95. The number of nitrogen functional groups attached to an aromatic ring is 1. The molecule has 0 bridgehead atoms. The number of nitrogens with zero attached hydrogens (tertiary/aromatic N) is 2. The summed E-state index contributed by atoms with van der Waals surface area (Å²) in [7, 11) is 0. The maximum atomic E-state index is 13.4. The molecular formula is C12H16FN3O4S. The Hall–Kier alpha value is -1.61. The number of carbonyl (C=O) groups excluding carboxylic acids is 1. The first-order valence-corrected chi connectivity index (χ1v) is 7.42. The Morgan fingerprint density at radius 3 is 3.19 bits per heavy atom. The molecule has 1 aliphatic rings. The van der Waals surface area contributed by atoms with Crippen LogP contribution in [0.3, 0.4) is 0 Å². The van der Waals surface area contributed by atoms with E-state index in [1.807, 2.05) is 6.92 Å². The van der Waals surface area contributed by atoms with Gasteiger partial charge in [0.05, 0.1) is 6.61 Å². The fourth-order valence-corrected chi connectivity index (χ4v) is 2.87. The van der Waals surface area contributed by atoms with E-state index in [-0.39, 0.29) is 24.6 Å². The van der Waals surface area contributed by atoms with Gasteiger partial charge in [0.1, 0.15) is 17.4 Å². The van der Waals surface area contributed by atoms with Crippen molar-refractivity contribution >= 4 is 23.5 Å². The van der Waals surface area contributed by atoms with Gasteiger partial charge in [-0.2, -0.15) is 4.98 Å². The summed E-state index contributed by atoms with van der Waals surface area (Å²) in [5.74, 6) is -1.47. The van der Waals surface area contributed by atoms with Crippen LogP contribution in [0.25, 0.3) is 0 Å². The van der Waals surface area contributed by atoms with Gasteiger partial charge in [-0.25, -0.2) is 9.18 Å². The first kappa shape index (κ1) is 15.8. The third kappa shape index (κ3) is 3.94. The molecular weight excluding hydrogens is 301 g/mol. The third-order valence-corrected chi connectivity index (χ3v) is 4.07. The smallest absolute Gasteiger partial charge is 0.350 e. The van der Waals surface area contributed by atoms with Crippen molar-refractivity contribution < 1.29 is 18.7 Å². The van der Waals surface area contributed by atoms with Crippen LogP contribution in [0, 0.1) is 5.82 Å². The van der Waals surface area contributed by atoms with Crippen LogP contribution in [0.15, 0.2) is 11.0 Å². The van der Waals surface area contributed by atoms with Crippen molar-refractivity contribution in [1.29, 1.82) is 0 Å². The Kier molecular flexibility index (Phi) is 5.18. The number of halogens is 1. The van der Waals surface area contributed by atoms with Crippen molar-refractivity contribution in [3.05, 3.63) is 22.5 Å². The fraction of sp³-hybridized carbons (Fsp3) is 0.583. The number of nitrogens with two attached hydrogens (primary N) is 1. The number of esters is 1. The van der Waals surface area contributed by atoms with Gasteiger partial charge >= 0.3 is 11.7 Å². The lowest BCUT2D eigenvalue weighted by molar-refractivity contribution is -0.145. The minimum atomic E-state index is -0.756. The van der Waals surface area contributed by atoms with Crippen LogP contribution in [-0.2, 0) is 14.3 Å². The summed E-state index contributed by atoms with van der Waals surface area (Å²) >= 11 is 1.27. The van der Waals surface area contributed by atoms with Crippen molar-refractivity contribution in [2.75, 3.05) is 18.9 Å². The molecule has 1 aliphatic heterocycles. The molecule has 2 atom stereocenters. The molecule has 2 N–H and O–H groups in total. The molecule has 0 radical (unpaired) electrons. The van der Waals surface area contributed by atoms with Gasteiger partial charge in [0, 0.05) is 12.6 Å².